The maximum Gasteiger partial charge on any atom is 0.156 e. The third-order valence-electron chi connectivity index (χ3n) is 2.40. The fourth-order valence-corrected chi connectivity index (χ4v) is 1.67. The van der Waals surface area contributed by atoms with Gasteiger partial charge in [0.05, 0.1) is 0 Å². The molecular weight excluding hydrogens is 150 g/mol. The zero-order valence-electron chi connectivity index (χ0n) is 7.37. The van der Waals surface area contributed by atoms with Crippen molar-refractivity contribution in [1.29, 1.82) is 0 Å². The first-order valence-electron chi connectivity index (χ1n) is 4.26. The van der Waals surface area contributed by atoms with Crippen LogP contribution < -0.4 is 10.1 Å². The molecule has 0 fully saturated rings. The van der Waals surface area contributed by atoms with E-state index in [4.69, 9.17) is 4.74 Å². The van der Waals surface area contributed by atoms with E-state index in [1.165, 1.54) is 5.56 Å². The van der Waals surface area contributed by atoms with Crippen LogP contribution in [0.2, 0.25) is 0 Å². The van der Waals surface area contributed by atoms with Gasteiger partial charge >= 0.3 is 0 Å². The van der Waals surface area contributed by atoms with Crippen molar-refractivity contribution in [1.82, 2.24) is 5.32 Å². The molecule has 12 heavy (non-hydrogen) atoms. The fourth-order valence-electron chi connectivity index (χ4n) is 1.67. The van der Waals surface area contributed by atoms with Crippen LogP contribution >= 0.6 is 0 Å². The van der Waals surface area contributed by atoms with E-state index in [0.29, 0.717) is 5.92 Å². The summed E-state index contributed by atoms with van der Waals surface area (Å²) in [5.41, 5.74) is 1.30. The molecule has 1 heterocycles. The Balaban J connectivity index is 2.35. The fraction of sp³-hybridized carbons (Fsp3) is 0.400. The van der Waals surface area contributed by atoms with Gasteiger partial charge in [-0.15, -0.1) is 0 Å². The van der Waals surface area contributed by atoms with E-state index in [2.05, 4.69) is 24.4 Å². The molecule has 0 saturated carbocycles. The number of para-hydroxylation sites is 1. The van der Waals surface area contributed by atoms with Crippen LogP contribution in [-0.4, -0.2) is 13.3 Å². The first-order chi connectivity index (χ1) is 5.83. The number of hydrogen-bond acceptors (Lipinski definition) is 2. The third-order valence-corrected chi connectivity index (χ3v) is 2.40. The molecule has 2 atom stereocenters. The van der Waals surface area contributed by atoms with Gasteiger partial charge in [-0.1, -0.05) is 25.1 Å². The molecule has 0 aromatic heterocycles. The van der Waals surface area contributed by atoms with Crippen LogP contribution in [0.1, 0.15) is 18.4 Å². The van der Waals surface area contributed by atoms with Gasteiger partial charge in [-0.05, 0) is 13.1 Å². The molecule has 0 amide bonds. The first kappa shape index (κ1) is 7.62. The standard InChI is InChI=1S/C10H13NO/c1-7-8-5-3-4-6-9(8)12-10(7)11-2/h3-7,10-11H,1-2H3. The molecule has 0 saturated heterocycles. The van der Waals surface area contributed by atoms with Gasteiger partial charge < -0.3 is 4.74 Å². The largest absolute Gasteiger partial charge is 0.474 e. The molecule has 1 aromatic carbocycles. The molecule has 2 unspecified atom stereocenters. The predicted octanol–water partition coefficient (Wildman–Crippen LogP) is 1.73. The SMILES string of the molecule is CNC1Oc2ccccc2C1C. The average Bonchev–Trinajstić information content (AvgIpc) is 2.44. The lowest BCUT2D eigenvalue weighted by atomic mass is 10.0. The molecule has 0 bridgehead atoms. The number of rotatable bonds is 1. The minimum atomic E-state index is 0.141. The summed E-state index contributed by atoms with van der Waals surface area (Å²) in [6.07, 6.45) is 0.141. The van der Waals surface area contributed by atoms with Crippen molar-refractivity contribution in [3.8, 4) is 5.75 Å². The van der Waals surface area contributed by atoms with Crippen molar-refractivity contribution in [3.05, 3.63) is 29.8 Å². The maximum atomic E-state index is 5.66. The van der Waals surface area contributed by atoms with Crippen molar-refractivity contribution >= 4 is 0 Å². The molecular formula is C10H13NO. The number of ether oxygens (including phenoxy) is 1. The van der Waals surface area contributed by atoms with Crippen molar-refractivity contribution in [2.75, 3.05) is 7.05 Å². The van der Waals surface area contributed by atoms with Crippen LogP contribution in [0.4, 0.5) is 0 Å². The lowest BCUT2D eigenvalue weighted by Crippen LogP contribution is -2.31. The van der Waals surface area contributed by atoms with Crippen molar-refractivity contribution < 1.29 is 4.74 Å². The average molecular weight is 163 g/mol. The highest BCUT2D eigenvalue weighted by atomic mass is 16.5. The number of nitrogens with one attached hydrogen (secondary N) is 1. The van der Waals surface area contributed by atoms with E-state index in [9.17, 15) is 0 Å². The van der Waals surface area contributed by atoms with E-state index in [1.807, 2.05) is 19.2 Å². The molecule has 0 aliphatic carbocycles. The maximum absolute atomic E-state index is 5.66. The van der Waals surface area contributed by atoms with Crippen LogP contribution in [0.3, 0.4) is 0 Å². The van der Waals surface area contributed by atoms with Gasteiger partial charge in [-0.25, -0.2) is 0 Å². The van der Waals surface area contributed by atoms with Gasteiger partial charge in [0.15, 0.2) is 6.23 Å². The van der Waals surface area contributed by atoms with Crippen molar-refractivity contribution in [2.45, 2.75) is 19.1 Å². The van der Waals surface area contributed by atoms with E-state index < -0.39 is 0 Å². The molecule has 2 rings (SSSR count). The van der Waals surface area contributed by atoms with Crippen LogP contribution in [0.15, 0.2) is 24.3 Å². The highest BCUT2D eigenvalue weighted by Gasteiger charge is 2.28. The second-order valence-corrected chi connectivity index (χ2v) is 3.15. The Labute approximate surface area is 72.5 Å². The van der Waals surface area contributed by atoms with E-state index in [0.717, 1.165) is 5.75 Å². The van der Waals surface area contributed by atoms with E-state index in [-0.39, 0.29) is 6.23 Å². The second-order valence-electron chi connectivity index (χ2n) is 3.15. The van der Waals surface area contributed by atoms with Crippen LogP contribution in [0.5, 0.6) is 5.75 Å². The molecule has 64 valence electrons. The predicted molar refractivity (Wildman–Crippen MR) is 48.3 cm³/mol. The normalized spacial score (nSPS) is 26.5. The van der Waals surface area contributed by atoms with Gasteiger partial charge in [-0.3, -0.25) is 5.32 Å². The number of hydrogen-bond donors (Lipinski definition) is 1. The van der Waals surface area contributed by atoms with Crippen molar-refractivity contribution in [3.63, 3.8) is 0 Å². The second kappa shape index (κ2) is 2.79. The van der Waals surface area contributed by atoms with Gasteiger partial charge in [0, 0.05) is 11.5 Å². The zero-order chi connectivity index (χ0) is 8.55. The topological polar surface area (TPSA) is 21.3 Å². The lowest BCUT2D eigenvalue weighted by Gasteiger charge is -2.13. The molecule has 0 spiro atoms. The van der Waals surface area contributed by atoms with Gasteiger partial charge in [0.25, 0.3) is 0 Å². The molecule has 1 aliphatic heterocycles. The number of benzene rings is 1. The van der Waals surface area contributed by atoms with Crippen molar-refractivity contribution in [2.24, 2.45) is 0 Å². The summed E-state index contributed by atoms with van der Waals surface area (Å²) in [4.78, 5) is 0. The summed E-state index contributed by atoms with van der Waals surface area (Å²) in [6.45, 7) is 2.17. The molecule has 2 nitrogen and oxygen atoms in total. The summed E-state index contributed by atoms with van der Waals surface area (Å²) < 4.78 is 5.66. The summed E-state index contributed by atoms with van der Waals surface area (Å²) in [5.74, 6) is 1.47. The summed E-state index contributed by atoms with van der Waals surface area (Å²) in [6, 6.07) is 8.20. The van der Waals surface area contributed by atoms with Gasteiger partial charge in [0.1, 0.15) is 5.75 Å². The highest BCUT2D eigenvalue weighted by Crippen LogP contribution is 2.36. The smallest absolute Gasteiger partial charge is 0.156 e. The molecule has 0 radical (unpaired) electrons. The Morgan fingerprint density at radius 1 is 1.33 bits per heavy atom. The third kappa shape index (κ3) is 0.994. The van der Waals surface area contributed by atoms with E-state index in [1.54, 1.807) is 0 Å². The molecule has 1 aromatic rings. The Morgan fingerprint density at radius 3 is 2.75 bits per heavy atom. The minimum Gasteiger partial charge on any atom is -0.474 e. The quantitative estimate of drug-likeness (QED) is 0.680. The van der Waals surface area contributed by atoms with Gasteiger partial charge in [0.2, 0.25) is 0 Å². The highest BCUT2D eigenvalue weighted by molar-refractivity contribution is 5.40. The first-order valence-corrected chi connectivity index (χ1v) is 4.26. The Bertz CT molecular complexity index is 285. The number of likely N-dealkylation sites (N-methyl/N-ethyl adjacent to an activating group) is 1. The van der Waals surface area contributed by atoms with Crippen LogP contribution in [0, 0.1) is 0 Å². The summed E-state index contributed by atoms with van der Waals surface area (Å²) in [7, 11) is 1.92. The minimum absolute atomic E-state index is 0.141. The summed E-state index contributed by atoms with van der Waals surface area (Å²) in [5, 5.41) is 3.14. The Morgan fingerprint density at radius 2 is 2.08 bits per heavy atom. The summed E-state index contributed by atoms with van der Waals surface area (Å²) >= 11 is 0. The lowest BCUT2D eigenvalue weighted by molar-refractivity contribution is 0.182. The van der Waals surface area contributed by atoms with Crippen LogP contribution in [-0.2, 0) is 0 Å². The Kier molecular flexibility index (Phi) is 1.77. The monoisotopic (exact) mass is 163 g/mol. The molecule has 1 aliphatic rings. The molecule has 2 heteroatoms. The van der Waals surface area contributed by atoms with Crippen LogP contribution in [0.25, 0.3) is 0 Å². The zero-order valence-corrected chi connectivity index (χ0v) is 7.37. The van der Waals surface area contributed by atoms with Gasteiger partial charge in [-0.2, -0.15) is 0 Å². The molecule has 1 N–H and O–H groups in total. The Hall–Kier alpha value is -1.02. The number of fused-ring (bicyclic) bond motifs is 1. The van der Waals surface area contributed by atoms with E-state index >= 15 is 0 Å².